The van der Waals surface area contributed by atoms with Gasteiger partial charge in [-0.15, -0.1) is 0 Å². The van der Waals surface area contributed by atoms with Crippen molar-refractivity contribution < 1.29 is 8.42 Å². The molecule has 7 heteroatoms. The van der Waals surface area contributed by atoms with Crippen molar-refractivity contribution >= 4 is 27.2 Å². The summed E-state index contributed by atoms with van der Waals surface area (Å²) in [6.07, 6.45) is 3.32. The fraction of sp³-hybridized carbons (Fsp3) is 0.143. The Labute approximate surface area is 129 Å². The topological polar surface area (TPSA) is 85.1 Å². The van der Waals surface area contributed by atoms with Gasteiger partial charge in [0.25, 0.3) is 0 Å². The van der Waals surface area contributed by atoms with E-state index in [9.17, 15) is 8.42 Å². The Bertz CT molecular complexity index is 756. The first-order valence-electron chi connectivity index (χ1n) is 6.19. The molecule has 0 spiro atoms. The van der Waals surface area contributed by atoms with Gasteiger partial charge in [-0.05, 0) is 36.2 Å². The maximum absolute atomic E-state index is 12.2. The van der Waals surface area contributed by atoms with E-state index in [-0.39, 0.29) is 16.4 Å². The third-order valence-electron chi connectivity index (χ3n) is 3.05. The van der Waals surface area contributed by atoms with Crippen LogP contribution < -0.4 is 10.5 Å². The molecule has 3 N–H and O–H groups in total. The molecular formula is C14H15N3O2S2. The number of hydrogen-bond acceptors (Lipinski definition) is 4. The van der Waals surface area contributed by atoms with Crippen LogP contribution in [-0.4, -0.2) is 18.4 Å². The van der Waals surface area contributed by atoms with Crippen LogP contribution in [0, 0.1) is 6.92 Å². The zero-order valence-electron chi connectivity index (χ0n) is 11.4. The number of nitrogens with one attached hydrogen (secondary N) is 1. The van der Waals surface area contributed by atoms with Crippen LogP contribution >= 0.6 is 12.2 Å². The van der Waals surface area contributed by atoms with Gasteiger partial charge in [0.2, 0.25) is 10.0 Å². The van der Waals surface area contributed by atoms with E-state index >= 15 is 0 Å². The van der Waals surface area contributed by atoms with E-state index in [1.807, 2.05) is 13.0 Å². The molecule has 1 aromatic carbocycles. The number of rotatable bonds is 5. The van der Waals surface area contributed by atoms with Gasteiger partial charge in [0, 0.05) is 24.5 Å². The second kappa shape index (κ2) is 6.30. The molecule has 0 unspecified atom stereocenters. The number of aryl methyl sites for hydroxylation is 1. The first kappa shape index (κ1) is 15.6. The van der Waals surface area contributed by atoms with Crippen LogP contribution in [0.25, 0.3) is 0 Å². The largest absolute Gasteiger partial charge is 0.389 e. The highest BCUT2D eigenvalue weighted by molar-refractivity contribution is 7.89. The lowest BCUT2D eigenvalue weighted by Crippen LogP contribution is -2.23. The molecule has 1 aromatic heterocycles. The molecule has 2 aromatic rings. The van der Waals surface area contributed by atoms with E-state index in [0.29, 0.717) is 5.56 Å². The molecule has 0 aliphatic heterocycles. The van der Waals surface area contributed by atoms with Crippen molar-refractivity contribution in [1.29, 1.82) is 0 Å². The number of benzene rings is 1. The molecule has 1 heterocycles. The number of thiocarbonyl (C=S) groups is 1. The van der Waals surface area contributed by atoms with E-state index in [2.05, 4.69) is 9.71 Å². The van der Waals surface area contributed by atoms with Crippen LogP contribution in [0.2, 0.25) is 0 Å². The smallest absolute Gasteiger partial charge is 0.240 e. The van der Waals surface area contributed by atoms with Gasteiger partial charge in [0.15, 0.2) is 0 Å². The van der Waals surface area contributed by atoms with Gasteiger partial charge in [0.1, 0.15) is 4.99 Å². The maximum atomic E-state index is 12.2. The summed E-state index contributed by atoms with van der Waals surface area (Å²) in [6.45, 7) is 2.10. The molecule has 0 radical (unpaired) electrons. The van der Waals surface area contributed by atoms with Crippen molar-refractivity contribution in [3.8, 4) is 0 Å². The van der Waals surface area contributed by atoms with Crippen LogP contribution in [0.15, 0.2) is 47.6 Å². The molecule has 0 aliphatic carbocycles. The number of sulfonamides is 1. The Balaban J connectivity index is 2.15. The van der Waals surface area contributed by atoms with Gasteiger partial charge in [-0.3, -0.25) is 4.98 Å². The van der Waals surface area contributed by atoms with Crippen molar-refractivity contribution in [2.24, 2.45) is 5.73 Å². The average molecular weight is 321 g/mol. The summed E-state index contributed by atoms with van der Waals surface area (Å²) in [5.41, 5.74) is 7.93. The second-order valence-electron chi connectivity index (χ2n) is 4.52. The predicted octanol–water partition coefficient (Wildman–Crippen LogP) is 1.50. The zero-order chi connectivity index (χ0) is 15.5. The SMILES string of the molecule is Cc1ccncc1CNS(=O)(=O)c1ccc(C(N)=S)cc1. The highest BCUT2D eigenvalue weighted by Gasteiger charge is 2.14. The van der Waals surface area contributed by atoms with Crippen molar-refractivity contribution in [3.05, 3.63) is 59.4 Å². The van der Waals surface area contributed by atoms with Crippen LogP contribution in [0.5, 0.6) is 0 Å². The minimum absolute atomic E-state index is 0.170. The highest BCUT2D eigenvalue weighted by Crippen LogP contribution is 2.12. The fourth-order valence-corrected chi connectivity index (χ4v) is 2.88. The lowest BCUT2D eigenvalue weighted by Gasteiger charge is -2.09. The lowest BCUT2D eigenvalue weighted by atomic mass is 10.2. The average Bonchev–Trinajstić information content (AvgIpc) is 2.46. The van der Waals surface area contributed by atoms with Crippen molar-refractivity contribution in [2.75, 3.05) is 0 Å². The summed E-state index contributed by atoms with van der Waals surface area (Å²) >= 11 is 4.83. The molecular weight excluding hydrogens is 306 g/mol. The Hall–Kier alpha value is -1.83. The quantitative estimate of drug-likeness (QED) is 0.815. The minimum atomic E-state index is -3.58. The third kappa shape index (κ3) is 3.84. The molecule has 0 saturated carbocycles. The number of aromatic nitrogens is 1. The summed E-state index contributed by atoms with van der Waals surface area (Å²) in [6, 6.07) is 7.97. The molecule has 21 heavy (non-hydrogen) atoms. The van der Waals surface area contributed by atoms with E-state index in [4.69, 9.17) is 18.0 Å². The van der Waals surface area contributed by atoms with Crippen molar-refractivity contribution in [3.63, 3.8) is 0 Å². The summed E-state index contributed by atoms with van der Waals surface area (Å²) in [4.78, 5) is 4.39. The van der Waals surface area contributed by atoms with Gasteiger partial charge >= 0.3 is 0 Å². The number of nitrogens with zero attached hydrogens (tertiary/aromatic N) is 1. The van der Waals surface area contributed by atoms with Crippen LogP contribution in [0.3, 0.4) is 0 Å². The zero-order valence-corrected chi connectivity index (χ0v) is 13.0. The minimum Gasteiger partial charge on any atom is -0.389 e. The predicted molar refractivity (Wildman–Crippen MR) is 85.3 cm³/mol. The molecule has 0 aliphatic rings. The molecule has 0 fully saturated rings. The Morgan fingerprint density at radius 3 is 2.52 bits per heavy atom. The Morgan fingerprint density at radius 2 is 1.95 bits per heavy atom. The summed E-state index contributed by atoms with van der Waals surface area (Å²) in [5.74, 6) is 0. The molecule has 5 nitrogen and oxygen atoms in total. The monoisotopic (exact) mass is 321 g/mol. The normalized spacial score (nSPS) is 11.3. The summed E-state index contributed by atoms with van der Waals surface area (Å²) in [7, 11) is -3.58. The summed E-state index contributed by atoms with van der Waals surface area (Å²) in [5, 5.41) is 0. The van der Waals surface area contributed by atoms with E-state index in [1.54, 1.807) is 24.5 Å². The highest BCUT2D eigenvalue weighted by atomic mass is 32.2. The lowest BCUT2D eigenvalue weighted by molar-refractivity contribution is 0.581. The fourth-order valence-electron chi connectivity index (χ4n) is 1.74. The molecule has 0 atom stereocenters. The Morgan fingerprint density at radius 1 is 1.29 bits per heavy atom. The second-order valence-corrected chi connectivity index (χ2v) is 6.72. The Kier molecular flexibility index (Phi) is 4.66. The molecule has 2 rings (SSSR count). The van der Waals surface area contributed by atoms with Crippen LogP contribution in [0.4, 0.5) is 0 Å². The summed E-state index contributed by atoms with van der Waals surface area (Å²) < 4.78 is 27.0. The van der Waals surface area contributed by atoms with Gasteiger partial charge < -0.3 is 5.73 Å². The molecule has 0 saturated heterocycles. The van der Waals surface area contributed by atoms with Gasteiger partial charge in [-0.1, -0.05) is 24.4 Å². The van der Waals surface area contributed by atoms with Crippen LogP contribution in [-0.2, 0) is 16.6 Å². The standard InChI is InChI=1S/C14H15N3O2S2/c1-10-6-7-16-8-12(10)9-17-21(18,19)13-4-2-11(3-5-13)14(15)20/h2-8,17H,9H2,1H3,(H2,15,20). The number of nitrogens with two attached hydrogens (primary N) is 1. The van der Waals surface area contributed by atoms with E-state index in [0.717, 1.165) is 11.1 Å². The van der Waals surface area contributed by atoms with E-state index in [1.165, 1.54) is 12.1 Å². The van der Waals surface area contributed by atoms with E-state index < -0.39 is 10.0 Å². The maximum Gasteiger partial charge on any atom is 0.240 e. The van der Waals surface area contributed by atoms with Crippen molar-refractivity contribution in [2.45, 2.75) is 18.4 Å². The molecule has 0 bridgehead atoms. The molecule has 110 valence electrons. The van der Waals surface area contributed by atoms with Crippen molar-refractivity contribution in [1.82, 2.24) is 9.71 Å². The first-order chi connectivity index (χ1) is 9.90. The number of pyridine rings is 1. The van der Waals surface area contributed by atoms with Gasteiger partial charge in [-0.2, -0.15) is 0 Å². The van der Waals surface area contributed by atoms with Crippen LogP contribution in [0.1, 0.15) is 16.7 Å². The first-order valence-corrected chi connectivity index (χ1v) is 8.08. The number of hydrogen-bond donors (Lipinski definition) is 2. The molecule has 0 amide bonds. The van der Waals surface area contributed by atoms with Gasteiger partial charge in [0.05, 0.1) is 4.90 Å². The third-order valence-corrected chi connectivity index (χ3v) is 4.70. The van der Waals surface area contributed by atoms with Gasteiger partial charge in [-0.25, -0.2) is 13.1 Å².